The monoisotopic (exact) mass is 635 g/mol. The Bertz CT molecular complexity index is 15.2. The van der Waals surface area contributed by atoms with Gasteiger partial charge < -0.3 is 118 Å². The largest absolute Gasteiger partial charge is 4.00 e. The first-order valence-corrected chi connectivity index (χ1v) is 0. The van der Waals surface area contributed by atoms with Gasteiger partial charge in [0.2, 0.25) is 0 Å². The summed E-state index contributed by atoms with van der Waals surface area (Å²) in [5.41, 5.74) is 0. The second-order valence-electron chi connectivity index (χ2n) is 0. The summed E-state index contributed by atoms with van der Waals surface area (Å²) >= 11 is 0. The van der Waals surface area contributed by atoms with Crippen LogP contribution in [0.3, 0.4) is 0 Å². The molecule has 0 fully saturated rings. The molecule has 0 bridgehead atoms. The first kappa shape index (κ1) is 121. The maximum absolute atomic E-state index is 0. The molecule has 0 aromatic carbocycles. The topological polar surface area (TPSA) is 0 Å². The molecule has 0 unspecified atom stereocenters. The van der Waals surface area contributed by atoms with Crippen molar-refractivity contribution in [3.05, 3.63) is 0 Å². The minimum Gasteiger partial charge on any atom is -1.00 e. The Balaban J connectivity index is 0. The van der Waals surface area contributed by atoms with Gasteiger partial charge in [-0.25, -0.2) is 0 Å². The third kappa shape index (κ3) is 76.8. The van der Waals surface area contributed by atoms with Crippen LogP contribution >= 0.6 is 0 Å². The molecule has 0 heterocycles. The van der Waals surface area contributed by atoms with E-state index in [-0.39, 0.29) is 170 Å². The van der Waals surface area contributed by atoms with Gasteiger partial charge in [-0.3, -0.25) is 0 Å². The van der Waals surface area contributed by atoms with Crippen molar-refractivity contribution < 1.29 is 170 Å². The van der Waals surface area contributed by atoms with Crippen LogP contribution < -0.4 is 118 Å². The minimum atomic E-state index is 0. The van der Waals surface area contributed by atoms with E-state index in [4.69, 9.17) is 0 Å². The number of hydrogen-bond acceptors (Lipinski definition) is 0. The fraction of sp³-hybridized carbons (Fsp3) is 0. The van der Waals surface area contributed by atoms with E-state index in [9.17, 15) is 0 Å². The molecule has 0 amide bonds. The maximum Gasteiger partial charge on any atom is 4.00 e. The van der Waals surface area contributed by atoms with Crippen LogP contribution in [0.4, 0.5) is 0 Å². The number of rotatable bonds is 0. The third-order valence-corrected chi connectivity index (χ3v) is 0. The fourth-order valence-electron chi connectivity index (χ4n) is 0. The summed E-state index contributed by atoms with van der Waals surface area (Å²) in [6.07, 6.45) is 0. The van der Waals surface area contributed by atoms with Gasteiger partial charge in [-0.2, -0.15) is 0 Å². The molecule has 0 aliphatic carbocycles. The van der Waals surface area contributed by atoms with E-state index in [1.54, 1.807) is 0 Å². The molecule has 0 aromatic heterocycles. The van der Waals surface area contributed by atoms with Gasteiger partial charge in [-0.15, -0.1) is 0 Å². The van der Waals surface area contributed by atoms with Gasteiger partial charge in [0.05, 0.1) is 0 Å². The van der Waals surface area contributed by atoms with Crippen molar-refractivity contribution >= 4 is 0 Å². The quantitative estimate of drug-likeness (QED) is 0.246. The van der Waals surface area contributed by atoms with Gasteiger partial charge in [0.25, 0.3) is 0 Å². The summed E-state index contributed by atoms with van der Waals surface area (Å²) in [6, 6.07) is 0. The van der Waals surface area contributed by atoms with Crippen LogP contribution in [0.2, 0.25) is 0 Å². The van der Waals surface area contributed by atoms with Crippen molar-refractivity contribution in [2.24, 2.45) is 0 Å². The molecule has 0 saturated heterocycles. The minimum absolute atomic E-state index is 0. The Morgan fingerprint density at radius 2 is 0.300 bits per heavy atom. The van der Waals surface area contributed by atoms with E-state index in [1.165, 1.54) is 0 Å². The molecule has 0 atom stereocenters. The van der Waals surface area contributed by atoms with Gasteiger partial charge in [0.15, 0.2) is 0 Å². The van der Waals surface area contributed by atoms with Gasteiger partial charge in [0.1, 0.15) is 0 Å². The molecule has 0 spiro atoms. The zero-order valence-electron chi connectivity index (χ0n) is 4.02. The zero-order valence-corrected chi connectivity index (χ0v) is 18.3. The molecule has 0 N–H and O–H groups in total. The Hall–Kier alpha value is 4.85. The van der Waals surface area contributed by atoms with Gasteiger partial charge in [-0.05, 0) is 0 Å². The SMILES string of the molecule is [Br-].[Br-].[Br-].[Br-].[Cl-].[Cl-].[Cl-].[Cl-].[Zr+4].[Zr+4]. The molecule has 10 heteroatoms. The Kier molecular flexibility index (Phi) is 1180. The molecule has 0 aliphatic rings. The van der Waals surface area contributed by atoms with Crippen molar-refractivity contribution in [3.8, 4) is 0 Å². The standard InChI is InChI=1S/4BrH.4ClH.2Zr/h8*1H;;/q;;;;;;;;2*+4/p-8. The molecule has 0 saturated carbocycles. The fourth-order valence-corrected chi connectivity index (χ4v) is 0. The second kappa shape index (κ2) is 97.3. The Morgan fingerprint density at radius 3 is 0.300 bits per heavy atom. The van der Waals surface area contributed by atoms with E-state index >= 15 is 0 Å². The zero-order chi connectivity index (χ0) is 0. The molecule has 0 aliphatic heterocycles. The molecular weight excluding hydrogens is 644 g/mol. The molecule has 10 heavy (non-hydrogen) atoms. The summed E-state index contributed by atoms with van der Waals surface area (Å²) in [5, 5.41) is 0. The van der Waals surface area contributed by atoms with Crippen molar-refractivity contribution in [2.75, 3.05) is 0 Å². The second-order valence-corrected chi connectivity index (χ2v) is 0. The summed E-state index contributed by atoms with van der Waals surface area (Å²) in [6.45, 7) is 0. The van der Waals surface area contributed by atoms with E-state index in [0.717, 1.165) is 0 Å². The van der Waals surface area contributed by atoms with E-state index < -0.39 is 0 Å². The molecule has 64 valence electrons. The van der Waals surface area contributed by atoms with E-state index in [2.05, 4.69) is 0 Å². The van der Waals surface area contributed by atoms with E-state index in [1.807, 2.05) is 0 Å². The van der Waals surface area contributed by atoms with Crippen molar-refractivity contribution in [2.45, 2.75) is 0 Å². The van der Waals surface area contributed by atoms with Crippen molar-refractivity contribution in [1.29, 1.82) is 0 Å². The maximum atomic E-state index is 0. The first-order valence-electron chi connectivity index (χ1n) is 0. The third-order valence-electron chi connectivity index (χ3n) is 0. The van der Waals surface area contributed by atoms with Crippen molar-refractivity contribution in [3.63, 3.8) is 0 Å². The summed E-state index contributed by atoms with van der Waals surface area (Å²) in [4.78, 5) is 0. The van der Waals surface area contributed by atoms with Crippen LogP contribution in [-0.2, 0) is 52.4 Å². The van der Waals surface area contributed by atoms with Crippen LogP contribution in [0.25, 0.3) is 0 Å². The number of hydrogen-bond donors (Lipinski definition) is 0. The molecule has 0 aromatic rings. The summed E-state index contributed by atoms with van der Waals surface area (Å²) in [7, 11) is 0. The van der Waals surface area contributed by atoms with Crippen LogP contribution in [-0.4, -0.2) is 0 Å². The predicted octanol–water partition coefficient (Wildman–Crippen LogP) is -24.0. The van der Waals surface area contributed by atoms with Crippen LogP contribution in [0.5, 0.6) is 0 Å². The summed E-state index contributed by atoms with van der Waals surface area (Å²) < 4.78 is 0. The van der Waals surface area contributed by atoms with Crippen molar-refractivity contribution in [1.82, 2.24) is 0 Å². The van der Waals surface area contributed by atoms with Crippen LogP contribution in [0.1, 0.15) is 0 Å². The van der Waals surface area contributed by atoms with Gasteiger partial charge in [0, 0.05) is 0 Å². The molecule has 0 nitrogen and oxygen atoms in total. The normalized spacial score (nSPS) is 0. The number of halogens is 8. The Morgan fingerprint density at radius 1 is 0.300 bits per heavy atom. The average Bonchev–Trinajstić information content (AvgIpc) is 0. The molecular formula is Br4Cl4Zr2. The Labute approximate surface area is 167 Å². The predicted molar refractivity (Wildman–Crippen MR) is 0 cm³/mol. The molecule has 0 rings (SSSR count). The molecule has 0 radical (unpaired) electrons. The average molecular weight is 644 g/mol. The smallest absolute Gasteiger partial charge is 1.00 e. The van der Waals surface area contributed by atoms with Gasteiger partial charge >= 0.3 is 52.4 Å². The van der Waals surface area contributed by atoms with E-state index in [0.29, 0.717) is 0 Å². The van der Waals surface area contributed by atoms with Gasteiger partial charge in [-0.1, -0.05) is 0 Å². The first-order chi connectivity index (χ1) is 0. The summed E-state index contributed by atoms with van der Waals surface area (Å²) in [5.74, 6) is 0. The van der Waals surface area contributed by atoms with Crippen LogP contribution in [0, 0.1) is 0 Å². The van der Waals surface area contributed by atoms with Crippen LogP contribution in [0.15, 0.2) is 0 Å².